The fraction of sp³-hybridized carbons (Fsp3) is 0.278. The van der Waals surface area contributed by atoms with E-state index in [4.69, 9.17) is 0 Å². The first-order valence-corrected chi connectivity index (χ1v) is 10.6. The van der Waals surface area contributed by atoms with E-state index in [1.807, 2.05) is 30.5 Å². The van der Waals surface area contributed by atoms with Crippen molar-refractivity contribution in [1.82, 2.24) is 4.31 Å². The van der Waals surface area contributed by atoms with Gasteiger partial charge in [0.25, 0.3) is 0 Å². The molecule has 2 aromatic rings. The molecule has 5 nitrogen and oxygen atoms in total. The Balaban J connectivity index is 1.81. The number of carbonyl (C=O) groups is 1. The summed E-state index contributed by atoms with van der Waals surface area (Å²) in [6.45, 7) is 0.310. The minimum absolute atomic E-state index is 0.0334. The molecule has 0 spiro atoms. The number of hydrogen-bond acceptors (Lipinski definition) is 4. The Morgan fingerprint density at radius 1 is 1.12 bits per heavy atom. The zero-order chi connectivity index (χ0) is 18.0. The smallest absolute Gasteiger partial charge is 0.243 e. The van der Waals surface area contributed by atoms with Crippen molar-refractivity contribution >= 4 is 33.4 Å². The Morgan fingerprint density at radius 3 is 2.52 bits per heavy atom. The SMILES string of the molecule is CSc1ccc(CN(C)S(=O)(=O)c2ccc3c(c2)CCC(=O)N3)cc1. The molecule has 1 N–H and O–H groups in total. The predicted molar refractivity (Wildman–Crippen MR) is 100 cm³/mol. The molecule has 25 heavy (non-hydrogen) atoms. The molecule has 0 aromatic heterocycles. The zero-order valence-electron chi connectivity index (χ0n) is 14.2. The number of aryl methyl sites for hydroxylation is 1. The quantitative estimate of drug-likeness (QED) is 0.814. The number of rotatable bonds is 5. The highest BCUT2D eigenvalue weighted by atomic mass is 32.2. The van der Waals surface area contributed by atoms with Crippen LogP contribution in [0.15, 0.2) is 52.3 Å². The van der Waals surface area contributed by atoms with Gasteiger partial charge in [-0.3, -0.25) is 4.79 Å². The number of amides is 1. The number of nitrogens with one attached hydrogen (secondary N) is 1. The molecule has 0 saturated heterocycles. The maximum Gasteiger partial charge on any atom is 0.243 e. The monoisotopic (exact) mass is 376 g/mol. The molecule has 0 fully saturated rings. The van der Waals surface area contributed by atoms with E-state index in [0.717, 1.165) is 16.0 Å². The normalized spacial score (nSPS) is 14.3. The molecule has 0 saturated carbocycles. The van der Waals surface area contributed by atoms with E-state index in [1.165, 1.54) is 4.31 Å². The van der Waals surface area contributed by atoms with Gasteiger partial charge in [0.15, 0.2) is 0 Å². The van der Waals surface area contributed by atoms with Gasteiger partial charge >= 0.3 is 0 Å². The van der Waals surface area contributed by atoms with Crippen LogP contribution >= 0.6 is 11.8 Å². The lowest BCUT2D eigenvalue weighted by Gasteiger charge is -2.21. The highest BCUT2D eigenvalue weighted by Crippen LogP contribution is 2.27. The number of thioether (sulfide) groups is 1. The van der Waals surface area contributed by atoms with E-state index in [-0.39, 0.29) is 10.8 Å². The molecule has 1 amide bonds. The summed E-state index contributed by atoms with van der Waals surface area (Å²) in [4.78, 5) is 12.8. The van der Waals surface area contributed by atoms with E-state index in [1.54, 1.807) is 37.0 Å². The number of sulfonamides is 1. The number of benzene rings is 2. The van der Waals surface area contributed by atoms with Crippen LogP contribution in [0.4, 0.5) is 5.69 Å². The van der Waals surface area contributed by atoms with Gasteiger partial charge in [0.2, 0.25) is 15.9 Å². The zero-order valence-corrected chi connectivity index (χ0v) is 15.8. The summed E-state index contributed by atoms with van der Waals surface area (Å²) in [5.41, 5.74) is 2.50. The van der Waals surface area contributed by atoms with E-state index < -0.39 is 10.0 Å². The molecule has 1 heterocycles. The average molecular weight is 377 g/mol. The minimum Gasteiger partial charge on any atom is -0.326 e. The molecule has 0 unspecified atom stereocenters. The van der Waals surface area contributed by atoms with Gasteiger partial charge in [0.05, 0.1) is 4.90 Å². The second-order valence-electron chi connectivity index (χ2n) is 5.98. The fourth-order valence-corrected chi connectivity index (χ4v) is 4.39. The predicted octanol–water partition coefficient (Wildman–Crippen LogP) is 3.11. The lowest BCUT2D eigenvalue weighted by Crippen LogP contribution is -2.27. The first kappa shape index (κ1) is 18.0. The Hall–Kier alpha value is -1.83. The highest BCUT2D eigenvalue weighted by molar-refractivity contribution is 7.98. The van der Waals surface area contributed by atoms with Gasteiger partial charge in [-0.05, 0) is 54.1 Å². The van der Waals surface area contributed by atoms with E-state index in [2.05, 4.69) is 5.32 Å². The van der Waals surface area contributed by atoms with E-state index in [9.17, 15) is 13.2 Å². The van der Waals surface area contributed by atoms with Crippen LogP contribution in [0.1, 0.15) is 17.5 Å². The second-order valence-corrected chi connectivity index (χ2v) is 8.90. The molecule has 1 aliphatic rings. The average Bonchev–Trinajstić information content (AvgIpc) is 2.61. The van der Waals surface area contributed by atoms with Crippen molar-refractivity contribution in [3.8, 4) is 0 Å². The lowest BCUT2D eigenvalue weighted by molar-refractivity contribution is -0.116. The largest absolute Gasteiger partial charge is 0.326 e. The van der Waals surface area contributed by atoms with Gasteiger partial charge in [-0.2, -0.15) is 4.31 Å². The van der Waals surface area contributed by atoms with Crippen LogP contribution in [-0.4, -0.2) is 31.9 Å². The van der Waals surface area contributed by atoms with Crippen molar-refractivity contribution in [3.63, 3.8) is 0 Å². The molecule has 0 atom stereocenters. The molecule has 132 valence electrons. The fourth-order valence-electron chi connectivity index (χ4n) is 2.77. The molecule has 1 aliphatic heterocycles. The summed E-state index contributed by atoms with van der Waals surface area (Å²) in [5, 5.41) is 2.77. The van der Waals surface area contributed by atoms with Crippen LogP contribution in [0.2, 0.25) is 0 Å². The summed E-state index contributed by atoms with van der Waals surface area (Å²) in [6, 6.07) is 12.7. The van der Waals surface area contributed by atoms with Gasteiger partial charge in [-0.1, -0.05) is 12.1 Å². The Labute approximate surface area is 152 Å². The summed E-state index contributed by atoms with van der Waals surface area (Å²) in [7, 11) is -2.00. The summed E-state index contributed by atoms with van der Waals surface area (Å²) >= 11 is 1.65. The molecule has 3 rings (SSSR count). The van der Waals surface area contributed by atoms with Crippen LogP contribution in [-0.2, 0) is 27.8 Å². The number of nitrogens with zero attached hydrogens (tertiary/aromatic N) is 1. The molecule has 7 heteroatoms. The number of carbonyl (C=O) groups excluding carboxylic acids is 1. The molecule has 2 aromatic carbocycles. The minimum atomic E-state index is -3.58. The topological polar surface area (TPSA) is 66.5 Å². The number of hydrogen-bond donors (Lipinski definition) is 1. The third kappa shape index (κ3) is 3.89. The molecule has 0 bridgehead atoms. The first-order valence-electron chi connectivity index (χ1n) is 7.92. The molecule has 0 aliphatic carbocycles. The van der Waals surface area contributed by atoms with Crippen LogP contribution in [0.3, 0.4) is 0 Å². The summed E-state index contributed by atoms with van der Waals surface area (Å²) < 4.78 is 27.0. The number of anilines is 1. The summed E-state index contributed by atoms with van der Waals surface area (Å²) in [6.07, 6.45) is 2.95. The molecular weight excluding hydrogens is 356 g/mol. The Kier molecular flexibility index (Phi) is 5.17. The van der Waals surface area contributed by atoms with Crippen LogP contribution in [0.5, 0.6) is 0 Å². The maximum atomic E-state index is 12.8. The van der Waals surface area contributed by atoms with Crippen LogP contribution in [0.25, 0.3) is 0 Å². The Morgan fingerprint density at radius 2 is 1.84 bits per heavy atom. The Bertz CT molecular complexity index is 893. The lowest BCUT2D eigenvalue weighted by atomic mass is 10.0. The standard InChI is InChI=1S/C18H20N2O3S2/c1-20(12-13-3-6-15(24-2)7-4-13)25(22,23)16-8-9-17-14(11-16)5-10-18(21)19-17/h3-4,6-9,11H,5,10,12H2,1-2H3,(H,19,21). The van der Waals surface area contributed by atoms with Crippen molar-refractivity contribution < 1.29 is 13.2 Å². The van der Waals surface area contributed by atoms with Gasteiger partial charge in [-0.15, -0.1) is 11.8 Å². The van der Waals surface area contributed by atoms with Crippen molar-refractivity contribution in [2.75, 3.05) is 18.6 Å². The van der Waals surface area contributed by atoms with Gasteiger partial charge in [-0.25, -0.2) is 8.42 Å². The number of fused-ring (bicyclic) bond motifs is 1. The third-order valence-corrected chi connectivity index (χ3v) is 6.79. The van der Waals surface area contributed by atoms with Gasteiger partial charge in [0.1, 0.15) is 0 Å². The summed E-state index contributed by atoms with van der Waals surface area (Å²) in [5.74, 6) is -0.0334. The van der Waals surface area contributed by atoms with Gasteiger partial charge in [0, 0.05) is 30.6 Å². The van der Waals surface area contributed by atoms with E-state index in [0.29, 0.717) is 25.1 Å². The van der Waals surface area contributed by atoms with Crippen LogP contribution < -0.4 is 5.32 Å². The van der Waals surface area contributed by atoms with Crippen molar-refractivity contribution in [2.45, 2.75) is 29.2 Å². The van der Waals surface area contributed by atoms with Crippen molar-refractivity contribution in [1.29, 1.82) is 0 Å². The second kappa shape index (κ2) is 7.19. The van der Waals surface area contributed by atoms with E-state index >= 15 is 0 Å². The highest BCUT2D eigenvalue weighted by Gasteiger charge is 2.23. The molecule has 0 radical (unpaired) electrons. The third-order valence-electron chi connectivity index (χ3n) is 4.24. The van der Waals surface area contributed by atoms with Crippen molar-refractivity contribution in [3.05, 3.63) is 53.6 Å². The first-order chi connectivity index (χ1) is 11.9. The van der Waals surface area contributed by atoms with Crippen molar-refractivity contribution in [2.24, 2.45) is 0 Å². The molecular formula is C18H20N2O3S2. The maximum absolute atomic E-state index is 12.8. The van der Waals surface area contributed by atoms with Crippen LogP contribution in [0, 0.1) is 0 Å². The van der Waals surface area contributed by atoms with Gasteiger partial charge < -0.3 is 5.32 Å².